The minimum atomic E-state index is 0. The van der Waals surface area contributed by atoms with Crippen LogP contribution in [0.5, 0.6) is 0 Å². The Bertz CT molecular complexity index is 372. The van der Waals surface area contributed by atoms with Crippen LogP contribution in [0.15, 0.2) is 88.1 Å². The van der Waals surface area contributed by atoms with Crippen molar-refractivity contribution in [3.63, 3.8) is 0 Å². The third kappa shape index (κ3) is 10.9. The molecular formula is C22H36Br2N2. The van der Waals surface area contributed by atoms with Crippen molar-refractivity contribution in [2.45, 2.75) is 0 Å². The minimum Gasteiger partial charge on any atom is -1.00 e. The Labute approximate surface area is 183 Å². The van der Waals surface area contributed by atoms with Crippen LogP contribution in [0.25, 0.3) is 0 Å². The van der Waals surface area contributed by atoms with Crippen LogP contribution in [0, 0.1) is 0 Å². The fraction of sp³-hybridized carbons (Fsp3) is 0.364. The van der Waals surface area contributed by atoms with Crippen molar-refractivity contribution in [2.75, 3.05) is 52.4 Å². The molecule has 0 N–H and O–H groups in total. The molecule has 0 unspecified atom stereocenters. The summed E-state index contributed by atoms with van der Waals surface area (Å²) in [4.78, 5) is 0. The average molecular weight is 488 g/mol. The van der Waals surface area contributed by atoms with E-state index in [2.05, 4.69) is 51.6 Å². The second-order valence-electron chi connectivity index (χ2n) is 6.35. The Kier molecular flexibility index (Phi) is 20.0. The second kappa shape index (κ2) is 17.5. The van der Waals surface area contributed by atoms with Crippen LogP contribution in [0.3, 0.4) is 0 Å². The molecule has 0 aliphatic heterocycles. The van der Waals surface area contributed by atoms with Gasteiger partial charge in [-0.05, 0) is 48.6 Å². The van der Waals surface area contributed by atoms with Crippen molar-refractivity contribution in [1.82, 2.24) is 0 Å². The molecule has 0 aromatic carbocycles. The van der Waals surface area contributed by atoms with Gasteiger partial charge in [0.1, 0.15) is 0 Å². The molecule has 0 heterocycles. The van der Waals surface area contributed by atoms with Gasteiger partial charge in [-0.25, -0.2) is 0 Å². The Morgan fingerprint density at radius 1 is 0.385 bits per heavy atom. The van der Waals surface area contributed by atoms with Crippen LogP contribution in [-0.2, 0) is 0 Å². The van der Waals surface area contributed by atoms with Gasteiger partial charge in [0.2, 0.25) is 0 Å². The first kappa shape index (κ1) is 29.8. The molecular weight excluding hydrogens is 452 g/mol. The average Bonchev–Trinajstić information content (AvgIpc) is 2.53. The molecule has 0 saturated carbocycles. The fourth-order valence-corrected chi connectivity index (χ4v) is 3.13. The molecule has 26 heavy (non-hydrogen) atoms. The lowest BCUT2D eigenvalue weighted by atomic mass is 10.2. The van der Waals surface area contributed by atoms with E-state index in [9.17, 15) is 0 Å². The van der Waals surface area contributed by atoms with E-state index >= 15 is 0 Å². The van der Waals surface area contributed by atoms with Gasteiger partial charge in [0.05, 0.1) is 52.4 Å². The lowest BCUT2D eigenvalue weighted by Crippen LogP contribution is -3.00. The van der Waals surface area contributed by atoms with Crippen LogP contribution < -0.4 is 34.0 Å². The predicted octanol–water partition coefficient (Wildman–Crippen LogP) is -1.70. The molecule has 0 atom stereocenters. The van der Waals surface area contributed by atoms with E-state index in [-0.39, 0.29) is 34.0 Å². The molecule has 0 aliphatic carbocycles. The normalized spacial score (nSPS) is 10.9. The third-order valence-corrected chi connectivity index (χ3v) is 4.25. The smallest absolute Gasteiger partial charge is 0.0983 e. The summed E-state index contributed by atoms with van der Waals surface area (Å²) in [5, 5.41) is 0. The highest BCUT2D eigenvalue weighted by atomic mass is 79.9. The molecule has 0 aromatic rings. The molecule has 0 spiro atoms. The zero-order valence-corrected chi connectivity index (χ0v) is 19.3. The summed E-state index contributed by atoms with van der Waals surface area (Å²) >= 11 is 0. The second-order valence-corrected chi connectivity index (χ2v) is 6.35. The van der Waals surface area contributed by atoms with E-state index in [1.54, 1.807) is 0 Å². The van der Waals surface area contributed by atoms with Crippen molar-refractivity contribution in [2.24, 2.45) is 0 Å². The van der Waals surface area contributed by atoms with E-state index in [4.69, 9.17) is 0 Å². The summed E-state index contributed by atoms with van der Waals surface area (Å²) < 4.78 is 1.77. The number of rotatable bonds is 16. The largest absolute Gasteiger partial charge is 1.00 e. The highest BCUT2D eigenvalue weighted by molar-refractivity contribution is 4.88. The van der Waals surface area contributed by atoms with Gasteiger partial charge in [-0.3, -0.25) is 0 Å². The standard InChI is InChI=1S/C22H36N2.2BrH/c1-7-15-23(16-8-2,17-9-3)21-13-14-22-24(18-10-4,19-11-5)20-12-6;;/h7-14H,1-6,15-22H2;2*1H/q+2;;/p-2/b14-13+;;. The van der Waals surface area contributed by atoms with Crippen molar-refractivity contribution in [1.29, 1.82) is 0 Å². The van der Waals surface area contributed by atoms with Gasteiger partial charge < -0.3 is 42.9 Å². The number of halogens is 2. The van der Waals surface area contributed by atoms with Crippen molar-refractivity contribution in [3.05, 3.63) is 88.1 Å². The van der Waals surface area contributed by atoms with E-state index in [0.717, 1.165) is 61.3 Å². The van der Waals surface area contributed by atoms with E-state index in [1.807, 2.05) is 36.5 Å². The number of quaternary nitrogens is 2. The van der Waals surface area contributed by atoms with Crippen LogP contribution >= 0.6 is 0 Å². The molecule has 2 nitrogen and oxygen atoms in total. The van der Waals surface area contributed by atoms with Gasteiger partial charge in [-0.1, -0.05) is 39.5 Å². The SMILES string of the molecule is C=CC[N+](CC=C)(CC=C)C/C=C/C[N+](CC=C)(CC=C)CC=C.[Br-].[Br-]. The molecule has 0 bridgehead atoms. The number of nitrogens with zero attached hydrogens (tertiary/aromatic N) is 2. The Morgan fingerprint density at radius 2 is 0.577 bits per heavy atom. The highest BCUT2D eigenvalue weighted by Gasteiger charge is 2.23. The molecule has 0 fully saturated rings. The lowest BCUT2D eigenvalue weighted by Gasteiger charge is -2.36. The maximum absolute atomic E-state index is 3.91. The number of hydrogen-bond donors (Lipinski definition) is 0. The molecule has 0 radical (unpaired) electrons. The van der Waals surface area contributed by atoms with E-state index in [0.29, 0.717) is 0 Å². The Hall–Kier alpha value is -0.940. The van der Waals surface area contributed by atoms with Gasteiger partial charge >= 0.3 is 0 Å². The van der Waals surface area contributed by atoms with Crippen molar-refractivity contribution >= 4 is 0 Å². The first-order valence-electron chi connectivity index (χ1n) is 8.58. The maximum Gasteiger partial charge on any atom is 0.0983 e. The van der Waals surface area contributed by atoms with E-state index < -0.39 is 0 Å². The zero-order valence-electron chi connectivity index (χ0n) is 16.2. The zero-order chi connectivity index (χ0) is 18.3. The van der Waals surface area contributed by atoms with Crippen LogP contribution in [0.2, 0.25) is 0 Å². The molecule has 4 heteroatoms. The Balaban J connectivity index is -0.00000264. The minimum absolute atomic E-state index is 0. The molecule has 148 valence electrons. The summed E-state index contributed by atoms with van der Waals surface area (Å²) in [6.07, 6.45) is 16.4. The van der Waals surface area contributed by atoms with Gasteiger partial charge in [0.15, 0.2) is 0 Å². The van der Waals surface area contributed by atoms with Crippen LogP contribution in [-0.4, -0.2) is 61.3 Å². The first-order valence-corrected chi connectivity index (χ1v) is 8.58. The quantitative estimate of drug-likeness (QED) is 0.180. The summed E-state index contributed by atoms with van der Waals surface area (Å²) in [7, 11) is 0. The van der Waals surface area contributed by atoms with Crippen LogP contribution in [0.4, 0.5) is 0 Å². The number of hydrogen-bond acceptors (Lipinski definition) is 0. The van der Waals surface area contributed by atoms with Gasteiger partial charge in [-0.2, -0.15) is 0 Å². The summed E-state index contributed by atoms with van der Waals surface area (Å²) in [5.74, 6) is 0. The topological polar surface area (TPSA) is 0 Å². The molecule has 0 rings (SSSR count). The van der Waals surface area contributed by atoms with Gasteiger partial charge in [0.25, 0.3) is 0 Å². The summed E-state index contributed by atoms with van der Waals surface area (Å²) in [5.41, 5.74) is 0. The molecule has 0 saturated heterocycles. The molecule has 0 aliphatic rings. The maximum atomic E-state index is 3.91. The first-order chi connectivity index (χ1) is 11.6. The predicted molar refractivity (Wildman–Crippen MR) is 110 cm³/mol. The molecule has 0 amide bonds. The fourth-order valence-electron chi connectivity index (χ4n) is 3.13. The van der Waals surface area contributed by atoms with Gasteiger partial charge in [0, 0.05) is 0 Å². The molecule has 0 aromatic heterocycles. The van der Waals surface area contributed by atoms with Crippen molar-refractivity contribution in [3.8, 4) is 0 Å². The Morgan fingerprint density at radius 3 is 0.731 bits per heavy atom. The lowest BCUT2D eigenvalue weighted by molar-refractivity contribution is -0.908. The highest BCUT2D eigenvalue weighted by Crippen LogP contribution is 2.11. The van der Waals surface area contributed by atoms with E-state index in [1.165, 1.54) is 0 Å². The summed E-state index contributed by atoms with van der Waals surface area (Å²) in [6, 6.07) is 0. The third-order valence-electron chi connectivity index (χ3n) is 4.25. The van der Waals surface area contributed by atoms with Crippen LogP contribution in [0.1, 0.15) is 0 Å². The van der Waals surface area contributed by atoms with Crippen molar-refractivity contribution < 1.29 is 42.9 Å². The monoisotopic (exact) mass is 486 g/mol. The van der Waals surface area contributed by atoms with Gasteiger partial charge in [-0.15, -0.1) is 0 Å². The summed E-state index contributed by atoms with van der Waals surface area (Å²) in [6.45, 7) is 30.8.